The van der Waals surface area contributed by atoms with Gasteiger partial charge in [-0.15, -0.1) is 0 Å². The SMILES string of the molecule is CCC[C@@H](NC(=O)OCC1c2ccccc2-c2ccccc21)C(=O)N1CC(C)CC(C)C1C(=O)O. The summed E-state index contributed by atoms with van der Waals surface area (Å²) in [6.07, 6.45) is 1.16. The van der Waals surface area contributed by atoms with Gasteiger partial charge in [0.15, 0.2) is 0 Å². The molecule has 1 saturated heterocycles. The molecule has 4 rings (SSSR count). The highest BCUT2D eigenvalue weighted by molar-refractivity contribution is 5.89. The summed E-state index contributed by atoms with van der Waals surface area (Å²) in [6.45, 7) is 6.33. The first-order chi connectivity index (χ1) is 16.8. The Hall–Kier alpha value is -3.35. The van der Waals surface area contributed by atoms with E-state index >= 15 is 0 Å². The number of piperidine rings is 1. The number of nitrogens with zero attached hydrogens (tertiary/aromatic N) is 1. The Morgan fingerprint density at radius 3 is 2.23 bits per heavy atom. The smallest absolute Gasteiger partial charge is 0.407 e. The lowest BCUT2D eigenvalue weighted by Crippen LogP contribution is -2.59. The number of carbonyl (C=O) groups excluding carboxylic acids is 2. The van der Waals surface area contributed by atoms with E-state index in [1.807, 2.05) is 45.0 Å². The van der Waals surface area contributed by atoms with Gasteiger partial charge < -0.3 is 20.1 Å². The van der Waals surface area contributed by atoms with Gasteiger partial charge in [0.05, 0.1) is 0 Å². The lowest BCUT2D eigenvalue weighted by molar-refractivity contribution is -0.157. The fourth-order valence-corrected chi connectivity index (χ4v) is 5.73. The van der Waals surface area contributed by atoms with Gasteiger partial charge in [0.1, 0.15) is 18.7 Å². The summed E-state index contributed by atoms with van der Waals surface area (Å²) in [7, 11) is 0. The number of fused-ring (bicyclic) bond motifs is 3. The Bertz CT molecular complexity index is 1050. The van der Waals surface area contributed by atoms with Gasteiger partial charge in [0, 0.05) is 12.5 Å². The van der Waals surface area contributed by atoms with Crippen molar-refractivity contribution in [3.63, 3.8) is 0 Å². The van der Waals surface area contributed by atoms with Gasteiger partial charge in [-0.1, -0.05) is 75.7 Å². The second-order valence-corrected chi connectivity index (χ2v) is 9.90. The van der Waals surface area contributed by atoms with Crippen molar-refractivity contribution in [2.45, 2.75) is 58.0 Å². The third kappa shape index (κ3) is 5.04. The van der Waals surface area contributed by atoms with Crippen molar-refractivity contribution in [2.24, 2.45) is 11.8 Å². The van der Waals surface area contributed by atoms with Gasteiger partial charge in [-0.3, -0.25) is 4.79 Å². The second kappa shape index (κ2) is 10.5. The standard InChI is InChI=1S/C28H34N2O5/c1-4-9-24(26(31)30-15-17(2)14-18(3)25(30)27(32)33)29-28(34)35-16-23-21-12-7-5-10-19(21)20-11-6-8-13-22(20)23/h5-8,10-13,17-18,23-25H,4,9,14-16H2,1-3H3,(H,29,34)(H,32,33)/t17?,18?,24-,25?/m1/s1. The Morgan fingerprint density at radius 2 is 1.66 bits per heavy atom. The van der Waals surface area contributed by atoms with E-state index in [1.54, 1.807) is 0 Å². The molecule has 2 aliphatic rings. The van der Waals surface area contributed by atoms with Crippen LogP contribution in [0.1, 0.15) is 57.1 Å². The van der Waals surface area contributed by atoms with Gasteiger partial charge in [-0.25, -0.2) is 9.59 Å². The summed E-state index contributed by atoms with van der Waals surface area (Å²) < 4.78 is 5.63. The minimum atomic E-state index is -1.01. The third-order valence-corrected chi connectivity index (χ3v) is 7.20. The quantitative estimate of drug-likeness (QED) is 0.604. The highest BCUT2D eigenvalue weighted by Crippen LogP contribution is 2.44. The molecular formula is C28H34N2O5. The molecule has 3 unspecified atom stereocenters. The molecule has 35 heavy (non-hydrogen) atoms. The van der Waals surface area contributed by atoms with Crippen LogP contribution < -0.4 is 5.32 Å². The van der Waals surface area contributed by atoms with Crippen molar-refractivity contribution in [1.82, 2.24) is 10.2 Å². The molecule has 0 radical (unpaired) electrons. The van der Waals surface area contributed by atoms with Crippen LogP contribution >= 0.6 is 0 Å². The average molecular weight is 479 g/mol. The molecule has 2 amide bonds. The van der Waals surface area contributed by atoms with E-state index in [0.717, 1.165) is 28.7 Å². The molecule has 0 aromatic heterocycles. The van der Waals surface area contributed by atoms with Crippen molar-refractivity contribution in [3.8, 4) is 11.1 Å². The minimum absolute atomic E-state index is 0.0753. The number of benzene rings is 2. The molecule has 0 saturated carbocycles. The van der Waals surface area contributed by atoms with E-state index in [2.05, 4.69) is 29.6 Å². The van der Waals surface area contributed by atoms with E-state index in [1.165, 1.54) is 4.90 Å². The van der Waals surface area contributed by atoms with Crippen molar-refractivity contribution < 1.29 is 24.2 Å². The number of carboxylic acid groups (broad SMARTS) is 1. The second-order valence-electron chi connectivity index (χ2n) is 9.90. The topological polar surface area (TPSA) is 95.9 Å². The van der Waals surface area contributed by atoms with Crippen LogP contribution in [0.4, 0.5) is 4.79 Å². The molecule has 2 aromatic rings. The van der Waals surface area contributed by atoms with Crippen LogP contribution in [0.3, 0.4) is 0 Å². The summed E-state index contributed by atoms with van der Waals surface area (Å²) in [6, 6.07) is 14.5. The maximum Gasteiger partial charge on any atom is 0.407 e. The average Bonchev–Trinajstić information content (AvgIpc) is 3.15. The zero-order valence-corrected chi connectivity index (χ0v) is 20.6. The molecule has 4 atom stereocenters. The lowest BCUT2D eigenvalue weighted by atomic mass is 9.84. The van der Waals surface area contributed by atoms with Crippen LogP contribution in [0.25, 0.3) is 11.1 Å². The molecule has 7 heteroatoms. The van der Waals surface area contributed by atoms with Gasteiger partial charge in [0.25, 0.3) is 0 Å². The maximum absolute atomic E-state index is 13.4. The first kappa shape index (κ1) is 24.8. The molecular weight excluding hydrogens is 444 g/mol. The number of hydrogen-bond donors (Lipinski definition) is 2. The molecule has 0 bridgehead atoms. The van der Waals surface area contributed by atoms with E-state index in [9.17, 15) is 19.5 Å². The predicted octanol–water partition coefficient (Wildman–Crippen LogP) is 4.65. The summed E-state index contributed by atoms with van der Waals surface area (Å²) >= 11 is 0. The Labute approximate surface area is 206 Å². The minimum Gasteiger partial charge on any atom is -0.480 e. The van der Waals surface area contributed by atoms with Crippen LogP contribution in [0, 0.1) is 11.8 Å². The molecule has 1 heterocycles. The largest absolute Gasteiger partial charge is 0.480 e. The number of ether oxygens (including phenoxy) is 1. The van der Waals surface area contributed by atoms with Crippen LogP contribution in [0.15, 0.2) is 48.5 Å². The molecule has 1 aliphatic carbocycles. The zero-order chi connectivity index (χ0) is 25.1. The number of carboxylic acids is 1. The molecule has 2 N–H and O–H groups in total. The first-order valence-corrected chi connectivity index (χ1v) is 12.5. The number of aliphatic carboxylic acids is 1. The Balaban J connectivity index is 1.45. The van der Waals surface area contributed by atoms with Crippen LogP contribution in [-0.4, -0.2) is 53.2 Å². The highest BCUT2D eigenvalue weighted by Gasteiger charge is 2.41. The van der Waals surface area contributed by atoms with Gasteiger partial charge in [-0.2, -0.15) is 0 Å². The van der Waals surface area contributed by atoms with Crippen molar-refractivity contribution in [2.75, 3.05) is 13.2 Å². The summed E-state index contributed by atoms with van der Waals surface area (Å²) in [5.41, 5.74) is 4.51. The number of alkyl carbamates (subject to hydrolysis) is 1. The van der Waals surface area contributed by atoms with Crippen molar-refractivity contribution in [3.05, 3.63) is 59.7 Å². The van der Waals surface area contributed by atoms with Crippen LogP contribution in [-0.2, 0) is 14.3 Å². The molecule has 1 aliphatic heterocycles. The van der Waals surface area contributed by atoms with Gasteiger partial charge >= 0.3 is 12.1 Å². The number of likely N-dealkylation sites (tertiary alicyclic amines) is 1. The summed E-state index contributed by atoms with van der Waals surface area (Å²) in [5, 5.41) is 12.5. The highest BCUT2D eigenvalue weighted by atomic mass is 16.5. The maximum atomic E-state index is 13.4. The van der Waals surface area contributed by atoms with E-state index in [4.69, 9.17) is 4.74 Å². The number of rotatable bonds is 7. The fraction of sp³-hybridized carbons (Fsp3) is 0.464. The van der Waals surface area contributed by atoms with E-state index in [0.29, 0.717) is 19.4 Å². The number of hydrogen-bond acceptors (Lipinski definition) is 4. The predicted molar refractivity (Wildman–Crippen MR) is 133 cm³/mol. The van der Waals surface area contributed by atoms with Crippen molar-refractivity contribution >= 4 is 18.0 Å². The van der Waals surface area contributed by atoms with Crippen LogP contribution in [0.5, 0.6) is 0 Å². The zero-order valence-electron chi connectivity index (χ0n) is 20.6. The molecule has 2 aromatic carbocycles. The molecule has 7 nitrogen and oxygen atoms in total. The monoisotopic (exact) mass is 478 g/mol. The van der Waals surface area contributed by atoms with Crippen LogP contribution in [0.2, 0.25) is 0 Å². The number of carbonyl (C=O) groups is 3. The normalized spacial score (nSPS) is 22.1. The fourth-order valence-electron chi connectivity index (χ4n) is 5.73. The van der Waals surface area contributed by atoms with E-state index < -0.39 is 24.1 Å². The summed E-state index contributed by atoms with van der Waals surface area (Å²) in [4.78, 5) is 39.6. The molecule has 186 valence electrons. The Kier molecular flexibility index (Phi) is 7.43. The van der Waals surface area contributed by atoms with Crippen molar-refractivity contribution in [1.29, 1.82) is 0 Å². The lowest BCUT2D eigenvalue weighted by Gasteiger charge is -2.41. The van der Waals surface area contributed by atoms with E-state index in [-0.39, 0.29) is 30.3 Å². The van der Waals surface area contributed by atoms with Gasteiger partial charge in [-0.05, 0) is 46.9 Å². The van der Waals surface area contributed by atoms with Gasteiger partial charge in [0.2, 0.25) is 5.91 Å². The number of amides is 2. The Morgan fingerprint density at radius 1 is 1.06 bits per heavy atom. The number of nitrogens with one attached hydrogen (secondary N) is 1. The molecule has 0 spiro atoms. The third-order valence-electron chi connectivity index (χ3n) is 7.20. The summed E-state index contributed by atoms with van der Waals surface area (Å²) in [5.74, 6) is -1.40. The molecule has 1 fully saturated rings. The first-order valence-electron chi connectivity index (χ1n) is 12.5.